The van der Waals surface area contributed by atoms with Crippen LogP contribution in [0.5, 0.6) is 0 Å². The molecule has 2 aliphatic rings. The largest absolute Gasteiger partial charge is 0.341 e. The lowest BCUT2D eigenvalue weighted by Gasteiger charge is -2.33. The van der Waals surface area contributed by atoms with Crippen LogP contribution in [0.1, 0.15) is 30.9 Å². The van der Waals surface area contributed by atoms with Crippen LogP contribution in [0.4, 0.5) is 10.5 Å². The van der Waals surface area contributed by atoms with E-state index in [0.29, 0.717) is 12.1 Å². The molecule has 2 N–H and O–H groups in total. The van der Waals surface area contributed by atoms with Crippen molar-refractivity contribution in [1.29, 1.82) is 0 Å². The van der Waals surface area contributed by atoms with E-state index in [1.165, 1.54) is 0 Å². The van der Waals surface area contributed by atoms with Crippen LogP contribution in [-0.2, 0) is 28.1 Å². The van der Waals surface area contributed by atoms with Crippen molar-refractivity contribution in [1.82, 2.24) is 14.8 Å². The van der Waals surface area contributed by atoms with Crippen molar-refractivity contribution in [2.75, 3.05) is 11.9 Å². The molecule has 0 bridgehead atoms. The number of carbonyl (C=O) groups is 3. The molecule has 6 rings (SSSR count). The van der Waals surface area contributed by atoms with E-state index >= 15 is 0 Å². The average molecular weight is 467 g/mol. The quantitative estimate of drug-likeness (QED) is 0.433. The van der Waals surface area contributed by atoms with Gasteiger partial charge in [0.05, 0.1) is 0 Å². The number of hydrogen-bond donors (Lipinski definition) is 2. The number of fused-ring (bicyclic) bond motifs is 5. The third-order valence-corrected chi connectivity index (χ3v) is 7.32. The number of imide groups is 1. The number of benzene rings is 3. The van der Waals surface area contributed by atoms with Gasteiger partial charge in [-0.25, -0.2) is 4.79 Å². The minimum Gasteiger partial charge on any atom is -0.341 e. The lowest BCUT2D eigenvalue weighted by atomic mass is 9.76. The maximum atomic E-state index is 13.5. The molecule has 1 aromatic heterocycles. The Morgan fingerprint density at radius 2 is 1.77 bits per heavy atom. The van der Waals surface area contributed by atoms with E-state index in [1.807, 2.05) is 54.6 Å². The molecule has 2 heterocycles. The Morgan fingerprint density at radius 1 is 1.00 bits per heavy atom. The van der Waals surface area contributed by atoms with E-state index in [1.54, 1.807) is 0 Å². The van der Waals surface area contributed by atoms with Gasteiger partial charge in [0.25, 0.3) is 5.91 Å². The van der Waals surface area contributed by atoms with Crippen molar-refractivity contribution in [2.24, 2.45) is 0 Å². The van der Waals surface area contributed by atoms with Crippen molar-refractivity contribution in [3.63, 3.8) is 0 Å². The Hall–Kier alpha value is -4.13. The molecular weight excluding hydrogens is 440 g/mol. The lowest BCUT2D eigenvalue weighted by Crippen LogP contribution is -2.47. The summed E-state index contributed by atoms with van der Waals surface area (Å²) in [5.41, 5.74) is 3.70. The summed E-state index contributed by atoms with van der Waals surface area (Å²) in [5, 5.41) is 7.95. The van der Waals surface area contributed by atoms with E-state index in [4.69, 9.17) is 0 Å². The van der Waals surface area contributed by atoms with E-state index in [-0.39, 0.29) is 12.5 Å². The molecule has 1 fully saturated rings. The van der Waals surface area contributed by atoms with Gasteiger partial charge in [0.15, 0.2) is 0 Å². The number of amides is 4. The zero-order valence-corrected chi connectivity index (χ0v) is 19.5. The molecule has 4 amide bonds. The Balaban J connectivity index is 1.25. The molecule has 1 aliphatic carbocycles. The van der Waals surface area contributed by atoms with Gasteiger partial charge in [-0.1, -0.05) is 42.5 Å². The second-order valence-electron chi connectivity index (χ2n) is 9.28. The number of carbonyl (C=O) groups excluding carboxylic acids is 3. The van der Waals surface area contributed by atoms with Gasteiger partial charge in [-0.3, -0.25) is 14.5 Å². The normalized spacial score (nSPS) is 19.4. The number of anilines is 1. The fourth-order valence-electron chi connectivity index (χ4n) is 5.77. The van der Waals surface area contributed by atoms with Gasteiger partial charge >= 0.3 is 6.03 Å². The highest BCUT2D eigenvalue weighted by Gasteiger charge is 2.54. The molecule has 7 nitrogen and oxygen atoms in total. The van der Waals surface area contributed by atoms with Gasteiger partial charge in [0, 0.05) is 34.0 Å². The highest BCUT2D eigenvalue weighted by molar-refractivity contribution is 6.12. The predicted molar refractivity (Wildman–Crippen MR) is 135 cm³/mol. The van der Waals surface area contributed by atoms with Crippen LogP contribution < -0.4 is 10.6 Å². The van der Waals surface area contributed by atoms with Crippen molar-refractivity contribution < 1.29 is 14.4 Å². The smallest absolute Gasteiger partial charge is 0.325 e. The highest BCUT2D eigenvalue weighted by Crippen LogP contribution is 2.40. The summed E-state index contributed by atoms with van der Waals surface area (Å²) >= 11 is 0. The number of aromatic nitrogens is 1. The minimum absolute atomic E-state index is 0.330. The van der Waals surface area contributed by atoms with Gasteiger partial charge < -0.3 is 15.2 Å². The lowest BCUT2D eigenvalue weighted by molar-refractivity contribution is -0.134. The fraction of sp³-hybridized carbons (Fsp3) is 0.250. The van der Waals surface area contributed by atoms with Gasteiger partial charge in [0.1, 0.15) is 12.1 Å². The molecule has 7 heteroatoms. The van der Waals surface area contributed by atoms with Crippen molar-refractivity contribution in [3.8, 4) is 0 Å². The van der Waals surface area contributed by atoms with Crippen LogP contribution in [0.25, 0.3) is 21.8 Å². The number of aryl methyl sites for hydroxylation is 2. The number of rotatable bonds is 4. The fourth-order valence-corrected chi connectivity index (χ4v) is 5.77. The number of nitrogens with zero attached hydrogens (tertiary/aromatic N) is 2. The van der Waals surface area contributed by atoms with Crippen LogP contribution in [0.15, 0.2) is 66.7 Å². The highest BCUT2D eigenvalue weighted by atomic mass is 16.2. The Labute approximate surface area is 202 Å². The summed E-state index contributed by atoms with van der Waals surface area (Å²) in [5.74, 6) is -0.764. The van der Waals surface area contributed by atoms with E-state index in [2.05, 4.69) is 34.3 Å². The van der Waals surface area contributed by atoms with E-state index in [9.17, 15) is 14.4 Å². The summed E-state index contributed by atoms with van der Waals surface area (Å²) in [6.45, 7) is 2.62. The van der Waals surface area contributed by atoms with Crippen LogP contribution in [-0.4, -0.2) is 33.9 Å². The summed E-state index contributed by atoms with van der Waals surface area (Å²) in [4.78, 5) is 40.3. The maximum Gasteiger partial charge on any atom is 0.325 e. The molecule has 1 saturated heterocycles. The van der Waals surface area contributed by atoms with Crippen molar-refractivity contribution >= 4 is 45.3 Å². The standard InChI is InChI=1S/C28H26N4O3/c1-2-31-23-12-6-4-10-20(23)21-16-19(13-14-24(21)31)29-25(33)17-32-26(34)28(30-27(32)35)15-7-9-18-8-3-5-11-22(18)28/h3-6,8,10-14,16H,2,7,9,15,17H2,1H3,(H,29,33)(H,30,35). The minimum atomic E-state index is -1.08. The average Bonchev–Trinajstić information content (AvgIpc) is 3.31. The second kappa shape index (κ2) is 7.98. The van der Waals surface area contributed by atoms with Gasteiger partial charge in [-0.05, 0) is 61.6 Å². The van der Waals surface area contributed by atoms with Crippen LogP contribution in [0.3, 0.4) is 0 Å². The zero-order chi connectivity index (χ0) is 24.2. The molecule has 4 aromatic rings. The number of nitrogens with one attached hydrogen (secondary N) is 2. The van der Waals surface area contributed by atoms with Gasteiger partial charge in [0.2, 0.25) is 5.91 Å². The summed E-state index contributed by atoms with van der Waals surface area (Å²) < 4.78 is 2.24. The number of urea groups is 1. The monoisotopic (exact) mass is 466 g/mol. The summed E-state index contributed by atoms with van der Waals surface area (Å²) in [7, 11) is 0. The first-order valence-electron chi connectivity index (χ1n) is 12.0. The first-order chi connectivity index (χ1) is 17.0. The molecule has 1 atom stereocenters. The third-order valence-electron chi connectivity index (χ3n) is 7.32. The summed E-state index contributed by atoms with van der Waals surface area (Å²) in [6.07, 6.45) is 2.21. The molecule has 1 unspecified atom stereocenters. The summed E-state index contributed by atoms with van der Waals surface area (Å²) in [6, 6.07) is 21.2. The Kier molecular flexibility index (Phi) is 4.88. The SMILES string of the molecule is CCn1c2ccccc2c2cc(NC(=O)CN3C(=O)NC4(CCCc5ccccc54)C3=O)ccc21. The van der Waals surface area contributed by atoms with Gasteiger partial charge in [-0.2, -0.15) is 0 Å². The van der Waals surface area contributed by atoms with Gasteiger partial charge in [-0.15, -0.1) is 0 Å². The Morgan fingerprint density at radius 3 is 2.63 bits per heavy atom. The zero-order valence-electron chi connectivity index (χ0n) is 19.5. The topological polar surface area (TPSA) is 83.4 Å². The predicted octanol–water partition coefficient (Wildman–Crippen LogP) is 4.54. The number of hydrogen-bond acceptors (Lipinski definition) is 3. The first-order valence-corrected chi connectivity index (χ1v) is 12.0. The van der Waals surface area contributed by atoms with Crippen LogP contribution in [0, 0.1) is 0 Å². The Bertz CT molecular complexity index is 1520. The van der Waals surface area contributed by atoms with Crippen molar-refractivity contribution in [3.05, 3.63) is 77.9 Å². The molecule has 35 heavy (non-hydrogen) atoms. The molecule has 1 aliphatic heterocycles. The maximum absolute atomic E-state index is 13.5. The molecule has 1 spiro atoms. The molecule has 176 valence electrons. The molecular formula is C28H26N4O3. The number of para-hydroxylation sites is 1. The van der Waals surface area contributed by atoms with Crippen LogP contribution in [0.2, 0.25) is 0 Å². The van der Waals surface area contributed by atoms with Crippen LogP contribution >= 0.6 is 0 Å². The van der Waals surface area contributed by atoms with E-state index in [0.717, 1.165) is 57.2 Å². The molecule has 3 aromatic carbocycles. The van der Waals surface area contributed by atoms with E-state index < -0.39 is 17.5 Å². The van der Waals surface area contributed by atoms with Crippen molar-refractivity contribution in [2.45, 2.75) is 38.3 Å². The first kappa shape index (κ1) is 21.4. The second-order valence-corrected chi connectivity index (χ2v) is 9.28. The molecule has 0 radical (unpaired) electrons. The third kappa shape index (κ3) is 3.22. The molecule has 0 saturated carbocycles.